The quantitative estimate of drug-likeness (QED) is 0.501. The van der Waals surface area contributed by atoms with Crippen molar-refractivity contribution in [2.75, 3.05) is 7.11 Å². The molecule has 0 saturated carbocycles. The van der Waals surface area contributed by atoms with Gasteiger partial charge in [-0.05, 0) is 23.3 Å². The Balaban J connectivity index is 1.94. The summed E-state index contributed by atoms with van der Waals surface area (Å²) in [5, 5.41) is 12.2. The van der Waals surface area contributed by atoms with Gasteiger partial charge in [-0.1, -0.05) is 24.3 Å². The van der Waals surface area contributed by atoms with E-state index in [1.807, 2.05) is 24.3 Å². The largest absolute Gasteiger partial charge is 0.497 e. The summed E-state index contributed by atoms with van der Waals surface area (Å²) in [7, 11) is 1.62. The molecule has 2 rings (SSSR count). The van der Waals surface area contributed by atoms with Gasteiger partial charge in [0.1, 0.15) is 5.75 Å². The molecule has 0 spiro atoms. The standard InChI is InChI=1S/C15H17N3O3/c1-21-15-8-4-13(5-9-15)11-17(16)10-12-2-6-14(7-3-12)18(19)20/h2-9H,10-11,16H2,1H3. The Bertz CT molecular complexity index is 597. The normalized spacial score (nSPS) is 10.6. The van der Waals surface area contributed by atoms with Crippen LogP contribution in [0.4, 0.5) is 5.69 Å². The fraction of sp³-hybridized carbons (Fsp3) is 0.200. The summed E-state index contributed by atoms with van der Waals surface area (Å²) in [6.45, 7) is 1.10. The molecule has 0 amide bonds. The number of nitro groups is 1. The van der Waals surface area contributed by atoms with Gasteiger partial charge in [0.25, 0.3) is 5.69 Å². The lowest BCUT2D eigenvalue weighted by Gasteiger charge is -2.16. The van der Waals surface area contributed by atoms with E-state index < -0.39 is 4.92 Å². The van der Waals surface area contributed by atoms with Crippen molar-refractivity contribution in [3.8, 4) is 5.75 Å². The summed E-state index contributed by atoms with van der Waals surface area (Å²) < 4.78 is 5.10. The van der Waals surface area contributed by atoms with E-state index in [-0.39, 0.29) is 5.69 Å². The average molecular weight is 287 g/mol. The molecule has 2 aromatic rings. The lowest BCUT2D eigenvalue weighted by atomic mass is 10.2. The molecule has 110 valence electrons. The van der Waals surface area contributed by atoms with Gasteiger partial charge in [0.05, 0.1) is 12.0 Å². The summed E-state index contributed by atoms with van der Waals surface area (Å²) in [5.41, 5.74) is 2.08. The Morgan fingerprint density at radius 1 is 1.05 bits per heavy atom. The number of non-ortho nitro benzene ring substituents is 1. The maximum Gasteiger partial charge on any atom is 0.269 e. The summed E-state index contributed by atoms with van der Waals surface area (Å²) in [4.78, 5) is 10.2. The van der Waals surface area contributed by atoms with Crippen molar-refractivity contribution >= 4 is 5.69 Å². The van der Waals surface area contributed by atoms with Gasteiger partial charge in [0.15, 0.2) is 0 Å². The highest BCUT2D eigenvalue weighted by Crippen LogP contribution is 2.15. The van der Waals surface area contributed by atoms with Crippen LogP contribution in [0.25, 0.3) is 0 Å². The van der Waals surface area contributed by atoms with Gasteiger partial charge in [-0.25, -0.2) is 5.01 Å². The van der Waals surface area contributed by atoms with Crippen molar-refractivity contribution in [2.45, 2.75) is 13.1 Å². The number of nitrogens with zero attached hydrogens (tertiary/aromatic N) is 2. The van der Waals surface area contributed by atoms with Gasteiger partial charge in [-0.15, -0.1) is 0 Å². The Morgan fingerprint density at radius 2 is 1.52 bits per heavy atom. The number of hydrogen-bond donors (Lipinski definition) is 1. The SMILES string of the molecule is COc1ccc(CN(N)Cc2ccc([N+](=O)[O-])cc2)cc1. The second-order valence-corrected chi connectivity index (χ2v) is 4.68. The Morgan fingerprint density at radius 3 is 1.95 bits per heavy atom. The number of rotatable bonds is 6. The first-order valence-corrected chi connectivity index (χ1v) is 6.44. The fourth-order valence-corrected chi connectivity index (χ4v) is 1.98. The van der Waals surface area contributed by atoms with Crippen molar-refractivity contribution in [1.82, 2.24) is 5.01 Å². The monoisotopic (exact) mass is 287 g/mol. The predicted octanol–water partition coefficient (Wildman–Crippen LogP) is 2.48. The van der Waals surface area contributed by atoms with Crippen LogP contribution in [0.2, 0.25) is 0 Å². The first-order valence-electron chi connectivity index (χ1n) is 6.44. The summed E-state index contributed by atoms with van der Waals surface area (Å²) in [5.74, 6) is 6.78. The molecule has 0 fully saturated rings. The number of nitrogens with two attached hydrogens (primary N) is 1. The Kier molecular flexibility index (Phi) is 4.86. The first kappa shape index (κ1) is 15.0. The minimum Gasteiger partial charge on any atom is -0.497 e. The molecule has 0 atom stereocenters. The minimum absolute atomic E-state index is 0.0810. The van der Waals surface area contributed by atoms with Crippen LogP contribution in [-0.2, 0) is 13.1 Å². The van der Waals surface area contributed by atoms with E-state index in [1.54, 1.807) is 24.3 Å². The van der Waals surface area contributed by atoms with E-state index in [4.69, 9.17) is 10.6 Å². The number of methoxy groups -OCH3 is 1. The molecule has 0 radical (unpaired) electrons. The summed E-state index contributed by atoms with van der Waals surface area (Å²) in [6, 6.07) is 14.1. The van der Waals surface area contributed by atoms with Crippen LogP contribution in [0.5, 0.6) is 5.75 Å². The topological polar surface area (TPSA) is 81.6 Å². The molecule has 0 unspecified atom stereocenters. The van der Waals surface area contributed by atoms with Crippen LogP contribution in [-0.4, -0.2) is 17.0 Å². The van der Waals surface area contributed by atoms with Crippen molar-refractivity contribution < 1.29 is 9.66 Å². The van der Waals surface area contributed by atoms with E-state index in [1.165, 1.54) is 12.1 Å². The number of benzene rings is 2. The Hall–Kier alpha value is -2.44. The lowest BCUT2D eigenvalue weighted by Crippen LogP contribution is -2.29. The summed E-state index contributed by atoms with van der Waals surface area (Å²) in [6.07, 6.45) is 0. The van der Waals surface area contributed by atoms with Crippen LogP contribution in [0, 0.1) is 10.1 Å². The number of hydrogen-bond acceptors (Lipinski definition) is 5. The second kappa shape index (κ2) is 6.83. The van der Waals surface area contributed by atoms with Gasteiger partial charge in [0.2, 0.25) is 0 Å². The number of nitro benzene ring substituents is 1. The van der Waals surface area contributed by atoms with Crippen LogP contribution in [0.15, 0.2) is 48.5 Å². The molecular formula is C15H17N3O3. The van der Waals surface area contributed by atoms with Crippen LogP contribution in [0.1, 0.15) is 11.1 Å². The molecule has 2 aromatic carbocycles. The molecule has 0 aliphatic heterocycles. The van der Waals surface area contributed by atoms with Gasteiger partial charge < -0.3 is 4.74 Å². The van der Waals surface area contributed by atoms with Crippen LogP contribution in [0.3, 0.4) is 0 Å². The van der Waals surface area contributed by atoms with E-state index in [9.17, 15) is 10.1 Å². The molecular weight excluding hydrogens is 270 g/mol. The highest BCUT2D eigenvalue weighted by Gasteiger charge is 2.06. The van der Waals surface area contributed by atoms with Crippen molar-refractivity contribution in [3.63, 3.8) is 0 Å². The van der Waals surface area contributed by atoms with Gasteiger partial charge in [0, 0.05) is 25.2 Å². The highest BCUT2D eigenvalue weighted by atomic mass is 16.6. The molecule has 21 heavy (non-hydrogen) atoms. The molecule has 2 N–H and O–H groups in total. The summed E-state index contributed by atoms with van der Waals surface area (Å²) >= 11 is 0. The zero-order valence-corrected chi connectivity index (χ0v) is 11.7. The molecule has 6 nitrogen and oxygen atoms in total. The van der Waals surface area contributed by atoms with E-state index in [0.717, 1.165) is 16.9 Å². The fourth-order valence-electron chi connectivity index (χ4n) is 1.98. The van der Waals surface area contributed by atoms with E-state index >= 15 is 0 Å². The van der Waals surface area contributed by atoms with Gasteiger partial charge >= 0.3 is 0 Å². The smallest absolute Gasteiger partial charge is 0.269 e. The molecule has 0 heterocycles. The molecule has 0 bridgehead atoms. The lowest BCUT2D eigenvalue weighted by molar-refractivity contribution is -0.384. The van der Waals surface area contributed by atoms with Gasteiger partial charge in [-0.3, -0.25) is 16.0 Å². The van der Waals surface area contributed by atoms with Crippen LogP contribution < -0.4 is 10.6 Å². The Labute approximate surface area is 122 Å². The molecule has 6 heteroatoms. The van der Waals surface area contributed by atoms with E-state index in [0.29, 0.717) is 13.1 Å². The molecule has 0 aliphatic rings. The minimum atomic E-state index is -0.415. The van der Waals surface area contributed by atoms with Crippen molar-refractivity contribution in [2.24, 2.45) is 5.84 Å². The van der Waals surface area contributed by atoms with Crippen molar-refractivity contribution in [3.05, 3.63) is 69.8 Å². The zero-order valence-electron chi connectivity index (χ0n) is 11.7. The van der Waals surface area contributed by atoms with Crippen LogP contribution >= 0.6 is 0 Å². The maximum atomic E-state index is 10.6. The molecule has 0 saturated heterocycles. The third-order valence-electron chi connectivity index (χ3n) is 3.08. The maximum absolute atomic E-state index is 10.6. The number of ether oxygens (including phenoxy) is 1. The highest BCUT2D eigenvalue weighted by molar-refractivity contribution is 5.33. The first-order chi connectivity index (χ1) is 10.1. The third kappa shape index (κ3) is 4.27. The molecule has 0 aromatic heterocycles. The van der Waals surface area contributed by atoms with E-state index in [2.05, 4.69) is 0 Å². The molecule has 0 aliphatic carbocycles. The second-order valence-electron chi connectivity index (χ2n) is 4.68. The van der Waals surface area contributed by atoms with Gasteiger partial charge in [-0.2, -0.15) is 0 Å². The third-order valence-corrected chi connectivity index (χ3v) is 3.08. The van der Waals surface area contributed by atoms with Crippen molar-refractivity contribution in [1.29, 1.82) is 0 Å². The number of hydrazine groups is 1. The average Bonchev–Trinajstić information content (AvgIpc) is 2.48. The zero-order chi connectivity index (χ0) is 15.2. The predicted molar refractivity (Wildman–Crippen MR) is 79.5 cm³/mol.